The molecule has 0 bridgehead atoms. The molecule has 0 spiro atoms. The van der Waals surface area contributed by atoms with E-state index in [0.717, 1.165) is 5.13 Å². The number of hydrogen-bond acceptors (Lipinski definition) is 8. The number of hydrogen-bond donors (Lipinski definition) is 2. The molecule has 1 aromatic carbocycles. The fourth-order valence-electron chi connectivity index (χ4n) is 2.92. The third-order valence-electron chi connectivity index (χ3n) is 4.32. The summed E-state index contributed by atoms with van der Waals surface area (Å²) in [4.78, 5) is 26.2. The Balaban J connectivity index is 1.60. The fourth-order valence-corrected chi connectivity index (χ4v) is 3.81. The first-order valence-corrected chi connectivity index (χ1v) is 10.4. The van der Waals surface area contributed by atoms with Crippen LogP contribution in [0.25, 0.3) is 11.4 Å². The lowest BCUT2D eigenvalue weighted by molar-refractivity contribution is 0.0998. The molecule has 2 aromatic heterocycles. The van der Waals surface area contributed by atoms with Gasteiger partial charge in [-0.1, -0.05) is 11.6 Å². The molecule has 7 nitrogen and oxygen atoms in total. The Morgan fingerprint density at radius 2 is 2.20 bits per heavy atom. The Hall–Kier alpha value is -2.88. The molecular formula is C20H17ClFN5O2S. The molecule has 0 saturated carbocycles. The number of aliphatic imine (C=N–C) groups is 1. The van der Waals surface area contributed by atoms with Crippen LogP contribution >= 0.6 is 22.9 Å². The molecule has 0 fully saturated rings. The average Bonchev–Trinajstić information content (AvgIpc) is 3.21. The first-order chi connectivity index (χ1) is 14.5. The number of nitrogens with one attached hydrogen (secondary N) is 1. The number of nitrogens with zero attached hydrogens (tertiary/aromatic N) is 3. The van der Waals surface area contributed by atoms with E-state index in [2.05, 4.69) is 20.3 Å². The zero-order valence-electron chi connectivity index (χ0n) is 15.7. The molecule has 0 aliphatic carbocycles. The van der Waals surface area contributed by atoms with Crippen LogP contribution in [0.15, 0.2) is 40.8 Å². The predicted octanol–water partition coefficient (Wildman–Crippen LogP) is 4.11. The van der Waals surface area contributed by atoms with Gasteiger partial charge in [-0.05, 0) is 18.2 Å². The molecule has 3 aromatic rings. The Morgan fingerprint density at radius 1 is 1.33 bits per heavy atom. The van der Waals surface area contributed by atoms with E-state index in [1.165, 1.54) is 29.5 Å². The maximum absolute atomic E-state index is 13.3. The molecule has 30 heavy (non-hydrogen) atoms. The van der Waals surface area contributed by atoms with Gasteiger partial charge in [-0.15, -0.1) is 11.3 Å². The minimum absolute atomic E-state index is 0.0337. The standard InChI is InChI=1S/C20H17ClFN5O2S/c21-14-8-12(1-2-15(14)22)29-9-11-7-17(28)13-3-5-24-19(18(13)26-11)16-10-30-20(27-16)25-6-4-23/h1-3,5,8,10H,4,6-7,9,23H2,(H,25,27). The van der Waals surface area contributed by atoms with Crippen molar-refractivity contribution >= 4 is 45.3 Å². The second-order valence-corrected chi connectivity index (χ2v) is 7.72. The minimum Gasteiger partial charge on any atom is -0.488 e. The molecule has 10 heteroatoms. The lowest BCUT2D eigenvalue weighted by Gasteiger charge is -2.17. The molecule has 0 unspecified atom stereocenters. The minimum atomic E-state index is -0.526. The summed E-state index contributed by atoms with van der Waals surface area (Å²) in [5.74, 6) is -0.206. The summed E-state index contributed by atoms with van der Waals surface area (Å²) in [6.07, 6.45) is 1.71. The van der Waals surface area contributed by atoms with Gasteiger partial charge >= 0.3 is 0 Å². The number of benzene rings is 1. The monoisotopic (exact) mass is 445 g/mol. The maximum Gasteiger partial charge on any atom is 0.183 e. The van der Waals surface area contributed by atoms with Crippen molar-refractivity contribution in [3.05, 3.63) is 52.2 Å². The van der Waals surface area contributed by atoms with Crippen LogP contribution < -0.4 is 15.8 Å². The smallest absolute Gasteiger partial charge is 0.183 e. The van der Waals surface area contributed by atoms with E-state index >= 15 is 0 Å². The third kappa shape index (κ3) is 4.33. The van der Waals surface area contributed by atoms with Crippen LogP contribution in [0.1, 0.15) is 16.8 Å². The molecule has 3 N–H and O–H groups in total. The number of rotatable bonds is 7. The maximum atomic E-state index is 13.3. The largest absolute Gasteiger partial charge is 0.488 e. The first kappa shape index (κ1) is 20.4. The number of nitrogens with two attached hydrogens (primary N) is 1. The normalized spacial score (nSPS) is 13.0. The molecule has 0 radical (unpaired) electrons. The van der Waals surface area contributed by atoms with E-state index < -0.39 is 5.82 Å². The average molecular weight is 446 g/mol. The van der Waals surface area contributed by atoms with E-state index in [1.807, 2.05) is 5.38 Å². The molecule has 0 amide bonds. The summed E-state index contributed by atoms with van der Waals surface area (Å²) in [7, 11) is 0. The highest BCUT2D eigenvalue weighted by molar-refractivity contribution is 7.14. The number of carbonyl (C=O) groups is 1. The van der Waals surface area contributed by atoms with Crippen LogP contribution in [0.3, 0.4) is 0 Å². The van der Waals surface area contributed by atoms with Crippen LogP contribution in [0.4, 0.5) is 15.2 Å². The number of carbonyl (C=O) groups excluding carboxylic acids is 1. The first-order valence-electron chi connectivity index (χ1n) is 9.11. The number of ether oxygens (including phenoxy) is 1. The van der Waals surface area contributed by atoms with Crippen molar-refractivity contribution in [1.82, 2.24) is 9.97 Å². The highest BCUT2D eigenvalue weighted by atomic mass is 35.5. The van der Waals surface area contributed by atoms with Crippen LogP contribution in [0, 0.1) is 5.82 Å². The number of thiazole rings is 1. The van der Waals surface area contributed by atoms with Gasteiger partial charge in [0.1, 0.15) is 35.2 Å². The summed E-state index contributed by atoms with van der Waals surface area (Å²) in [5.41, 5.74) is 8.18. The van der Waals surface area contributed by atoms with Crippen molar-refractivity contribution in [2.24, 2.45) is 10.7 Å². The summed E-state index contributed by atoms with van der Waals surface area (Å²) >= 11 is 7.21. The summed E-state index contributed by atoms with van der Waals surface area (Å²) in [6.45, 7) is 1.18. The highest BCUT2D eigenvalue weighted by Gasteiger charge is 2.25. The number of fused-ring (bicyclic) bond motifs is 1. The zero-order valence-corrected chi connectivity index (χ0v) is 17.3. The topological polar surface area (TPSA) is 102 Å². The van der Waals surface area contributed by atoms with Gasteiger partial charge in [0.2, 0.25) is 0 Å². The van der Waals surface area contributed by atoms with Crippen molar-refractivity contribution < 1.29 is 13.9 Å². The molecule has 0 atom stereocenters. The Bertz CT molecular complexity index is 1130. The molecule has 4 rings (SSSR count). The van der Waals surface area contributed by atoms with Gasteiger partial charge < -0.3 is 15.8 Å². The number of aromatic nitrogens is 2. The number of anilines is 1. The van der Waals surface area contributed by atoms with Crippen LogP contribution in [0.2, 0.25) is 5.02 Å². The molecule has 3 heterocycles. The Labute approximate surface area is 180 Å². The van der Waals surface area contributed by atoms with E-state index in [9.17, 15) is 9.18 Å². The van der Waals surface area contributed by atoms with Gasteiger partial charge in [0, 0.05) is 36.3 Å². The Morgan fingerprint density at radius 3 is 3.00 bits per heavy atom. The van der Waals surface area contributed by atoms with E-state index in [-0.39, 0.29) is 23.8 Å². The summed E-state index contributed by atoms with van der Waals surface area (Å²) < 4.78 is 19.0. The quantitative estimate of drug-likeness (QED) is 0.567. The van der Waals surface area contributed by atoms with Gasteiger partial charge in [-0.25, -0.2) is 9.37 Å². The number of ketones is 1. The van der Waals surface area contributed by atoms with Gasteiger partial charge in [0.15, 0.2) is 10.9 Å². The van der Waals surface area contributed by atoms with E-state index in [4.69, 9.17) is 22.1 Å². The van der Waals surface area contributed by atoms with Gasteiger partial charge in [-0.3, -0.25) is 14.8 Å². The highest BCUT2D eigenvalue weighted by Crippen LogP contribution is 2.36. The molecule has 0 saturated heterocycles. The SMILES string of the molecule is NCCNc1nc(-c2nccc3c2N=C(COc2ccc(F)c(Cl)c2)CC3=O)cs1. The third-order valence-corrected chi connectivity index (χ3v) is 5.41. The van der Waals surface area contributed by atoms with Crippen LogP contribution in [-0.2, 0) is 0 Å². The second kappa shape index (κ2) is 8.86. The van der Waals surface area contributed by atoms with Crippen LogP contribution in [0.5, 0.6) is 5.75 Å². The van der Waals surface area contributed by atoms with Gasteiger partial charge in [-0.2, -0.15) is 0 Å². The van der Waals surface area contributed by atoms with Crippen molar-refractivity contribution in [1.29, 1.82) is 0 Å². The summed E-state index contributed by atoms with van der Waals surface area (Å²) in [6, 6.07) is 5.73. The number of Topliss-reactive ketones (excluding diaryl/α,β-unsaturated/α-hetero) is 1. The zero-order chi connectivity index (χ0) is 21.1. The Kier molecular flexibility index (Phi) is 6.03. The molecule has 1 aliphatic heterocycles. The van der Waals surface area contributed by atoms with Gasteiger partial charge in [0.05, 0.1) is 17.2 Å². The number of halogens is 2. The van der Waals surface area contributed by atoms with Crippen LogP contribution in [-0.4, -0.2) is 41.2 Å². The van der Waals surface area contributed by atoms with Crippen molar-refractivity contribution in [3.8, 4) is 17.1 Å². The lowest BCUT2D eigenvalue weighted by Crippen LogP contribution is -2.20. The fraction of sp³-hybridized carbons (Fsp3) is 0.200. The number of pyridine rings is 1. The van der Waals surface area contributed by atoms with Crippen molar-refractivity contribution in [3.63, 3.8) is 0 Å². The predicted molar refractivity (Wildman–Crippen MR) is 116 cm³/mol. The second-order valence-electron chi connectivity index (χ2n) is 6.45. The van der Waals surface area contributed by atoms with Gasteiger partial charge in [0.25, 0.3) is 0 Å². The van der Waals surface area contributed by atoms with E-state index in [0.29, 0.717) is 47.2 Å². The van der Waals surface area contributed by atoms with E-state index in [1.54, 1.807) is 12.3 Å². The van der Waals surface area contributed by atoms with Crippen molar-refractivity contribution in [2.45, 2.75) is 6.42 Å². The summed E-state index contributed by atoms with van der Waals surface area (Å²) in [5, 5.41) is 5.66. The molecular weight excluding hydrogens is 429 g/mol. The molecule has 154 valence electrons. The lowest BCUT2D eigenvalue weighted by atomic mass is 9.99. The van der Waals surface area contributed by atoms with Crippen molar-refractivity contribution in [2.75, 3.05) is 25.0 Å². The molecule has 1 aliphatic rings.